The highest BCUT2D eigenvalue weighted by Gasteiger charge is 2.17. The van der Waals surface area contributed by atoms with E-state index in [9.17, 15) is 8.78 Å². The quantitative estimate of drug-likeness (QED) is 0.879. The zero-order chi connectivity index (χ0) is 14.8. The van der Waals surface area contributed by atoms with E-state index < -0.39 is 11.6 Å². The standard InChI is InChI=1S/C15H17F2N3O/c16-12-8-15(13(17)7-14(12)18)21-9-10-5-6-20(19-10)11-3-1-2-4-11/h5-8,11H,1-4,9,18H2. The first-order valence-electron chi connectivity index (χ1n) is 7.05. The summed E-state index contributed by atoms with van der Waals surface area (Å²) in [6.07, 6.45) is 6.65. The lowest BCUT2D eigenvalue weighted by Crippen LogP contribution is -2.07. The molecule has 4 nitrogen and oxygen atoms in total. The molecule has 1 aliphatic rings. The average molecular weight is 293 g/mol. The predicted molar refractivity (Wildman–Crippen MR) is 74.8 cm³/mol. The molecule has 1 saturated carbocycles. The molecule has 21 heavy (non-hydrogen) atoms. The van der Waals surface area contributed by atoms with Gasteiger partial charge in [-0.2, -0.15) is 5.10 Å². The Balaban J connectivity index is 1.66. The van der Waals surface area contributed by atoms with Gasteiger partial charge in [0.05, 0.1) is 17.4 Å². The number of nitrogen functional groups attached to an aromatic ring is 1. The van der Waals surface area contributed by atoms with Crippen LogP contribution >= 0.6 is 0 Å². The van der Waals surface area contributed by atoms with E-state index in [4.69, 9.17) is 10.5 Å². The Labute approximate surface area is 121 Å². The lowest BCUT2D eigenvalue weighted by atomic mass is 10.3. The number of hydrogen-bond donors (Lipinski definition) is 1. The van der Waals surface area contributed by atoms with E-state index in [2.05, 4.69) is 5.10 Å². The number of rotatable bonds is 4. The number of benzene rings is 1. The van der Waals surface area contributed by atoms with Crippen LogP contribution in [0.15, 0.2) is 24.4 Å². The van der Waals surface area contributed by atoms with Gasteiger partial charge in [0.25, 0.3) is 0 Å². The minimum absolute atomic E-state index is 0.0972. The van der Waals surface area contributed by atoms with Gasteiger partial charge in [-0.1, -0.05) is 12.8 Å². The van der Waals surface area contributed by atoms with Crippen LogP contribution in [0.1, 0.15) is 37.4 Å². The average Bonchev–Trinajstić information content (AvgIpc) is 3.11. The largest absolute Gasteiger partial charge is 0.484 e. The van der Waals surface area contributed by atoms with Crippen molar-refractivity contribution in [1.82, 2.24) is 9.78 Å². The fourth-order valence-corrected chi connectivity index (χ4v) is 2.63. The van der Waals surface area contributed by atoms with Gasteiger partial charge in [-0.15, -0.1) is 0 Å². The number of nitrogens with two attached hydrogens (primary N) is 1. The highest BCUT2D eigenvalue weighted by Crippen LogP contribution is 2.29. The van der Waals surface area contributed by atoms with Crippen molar-refractivity contribution in [2.45, 2.75) is 38.3 Å². The predicted octanol–water partition coefficient (Wildman–Crippen LogP) is 3.44. The molecule has 0 spiro atoms. The molecule has 0 atom stereocenters. The lowest BCUT2D eigenvalue weighted by molar-refractivity contribution is 0.281. The maximum Gasteiger partial charge on any atom is 0.167 e. The van der Waals surface area contributed by atoms with Gasteiger partial charge in [-0.05, 0) is 18.9 Å². The first kappa shape index (κ1) is 13.9. The van der Waals surface area contributed by atoms with Crippen LogP contribution in [0.25, 0.3) is 0 Å². The van der Waals surface area contributed by atoms with E-state index in [-0.39, 0.29) is 18.0 Å². The molecule has 112 valence electrons. The summed E-state index contributed by atoms with van der Waals surface area (Å²) in [5.74, 6) is -1.52. The van der Waals surface area contributed by atoms with Crippen LogP contribution < -0.4 is 10.5 Å². The van der Waals surface area contributed by atoms with Crippen molar-refractivity contribution in [2.75, 3.05) is 5.73 Å². The fraction of sp³-hybridized carbons (Fsp3) is 0.400. The summed E-state index contributed by atoms with van der Waals surface area (Å²) >= 11 is 0. The lowest BCUT2D eigenvalue weighted by Gasteiger charge is -2.09. The second-order valence-corrected chi connectivity index (χ2v) is 5.32. The maximum atomic E-state index is 13.6. The minimum Gasteiger partial charge on any atom is -0.484 e. The Morgan fingerprint density at radius 1 is 1.24 bits per heavy atom. The first-order chi connectivity index (χ1) is 10.1. The third kappa shape index (κ3) is 2.99. The number of ether oxygens (including phenoxy) is 1. The minimum atomic E-state index is -0.692. The van der Waals surface area contributed by atoms with Gasteiger partial charge in [0, 0.05) is 18.3 Å². The highest BCUT2D eigenvalue weighted by atomic mass is 19.1. The van der Waals surface area contributed by atoms with Crippen molar-refractivity contribution in [2.24, 2.45) is 0 Å². The van der Waals surface area contributed by atoms with Crippen molar-refractivity contribution in [1.29, 1.82) is 0 Å². The van der Waals surface area contributed by atoms with Gasteiger partial charge < -0.3 is 10.5 Å². The van der Waals surface area contributed by atoms with Crippen LogP contribution in [0.5, 0.6) is 5.75 Å². The smallest absolute Gasteiger partial charge is 0.167 e. The molecule has 1 fully saturated rings. The van der Waals surface area contributed by atoms with Crippen LogP contribution in [0.3, 0.4) is 0 Å². The molecule has 0 bridgehead atoms. The van der Waals surface area contributed by atoms with Crippen molar-refractivity contribution < 1.29 is 13.5 Å². The van der Waals surface area contributed by atoms with E-state index in [1.807, 2.05) is 16.9 Å². The zero-order valence-corrected chi connectivity index (χ0v) is 11.6. The summed E-state index contributed by atoms with van der Waals surface area (Å²) in [5, 5.41) is 4.43. The fourth-order valence-electron chi connectivity index (χ4n) is 2.63. The Morgan fingerprint density at radius 3 is 2.76 bits per heavy atom. The Morgan fingerprint density at radius 2 is 2.00 bits per heavy atom. The molecule has 2 N–H and O–H groups in total. The number of aromatic nitrogens is 2. The summed E-state index contributed by atoms with van der Waals surface area (Å²) in [6, 6.07) is 4.16. The van der Waals surface area contributed by atoms with Crippen molar-refractivity contribution in [3.05, 3.63) is 41.7 Å². The van der Waals surface area contributed by atoms with Crippen LogP contribution in [-0.4, -0.2) is 9.78 Å². The topological polar surface area (TPSA) is 53.1 Å². The van der Waals surface area contributed by atoms with Gasteiger partial charge in [0.1, 0.15) is 12.4 Å². The molecule has 3 rings (SSSR count). The highest BCUT2D eigenvalue weighted by molar-refractivity contribution is 5.44. The summed E-state index contributed by atoms with van der Waals surface area (Å²) in [6.45, 7) is 0.0972. The number of hydrogen-bond acceptors (Lipinski definition) is 3. The van der Waals surface area contributed by atoms with E-state index in [1.54, 1.807) is 0 Å². The molecule has 0 amide bonds. The normalized spacial score (nSPS) is 15.5. The van der Waals surface area contributed by atoms with E-state index in [1.165, 1.54) is 12.8 Å². The Bertz CT molecular complexity index is 636. The molecule has 0 radical (unpaired) electrons. The summed E-state index contributed by atoms with van der Waals surface area (Å²) in [4.78, 5) is 0. The molecule has 6 heteroatoms. The van der Waals surface area contributed by atoms with Gasteiger partial charge in [0.2, 0.25) is 0 Å². The summed E-state index contributed by atoms with van der Waals surface area (Å²) < 4.78 is 34.1. The molecule has 1 aliphatic carbocycles. The van der Waals surface area contributed by atoms with Gasteiger partial charge >= 0.3 is 0 Å². The molecule has 0 aliphatic heterocycles. The van der Waals surface area contributed by atoms with Gasteiger partial charge in [-0.25, -0.2) is 8.78 Å². The Kier molecular flexibility index (Phi) is 3.77. The summed E-state index contributed by atoms with van der Waals surface area (Å²) in [5.41, 5.74) is 5.75. The van der Waals surface area contributed by atoms with Gasteiger partial charge in [-0.3, -0.25) is 4.68 Å². The van der Waals surface area contributed by atoms with Crippen LogP contribution in [-0.2, 0) is 6.61 Å². The molecule has 2 aromatic rings. The molecular weight excluding hydrogens is 276 g/mol. The third-order valence-electron chi connectivity index (χ3n) is 3.79. The van der Waals surface area contributed by atoms with Crippen LogP contribution in [0.2, 0.25) is 0 Å². The molecule has 1 heterocycles. The Hall–Kier alpha value is -2.11. The van der Waals surface area contributed by atoms with E-state index in [0.29, 0.717) is 11.7 Å². The molecule has 1 aromatic heterocycles. The second kappa shape index (κ2) is 5.71. The van der Waals surface area contributed by atoms with Crippen LogP contribution in [0.4, 0.5) is 14.5 Å². The molecule has 0 saturated heterocycles. The van der Waals surface area contributed by atoms with E-state index >= 15 is 0 Å². The number of anilines is 1. The SMILES string of the molecule is Nc1cc(F)c(OCc2ccn(C3CCCC3)n2)cc1F. The molecule has 1 aromatic carbocycles. The summed E-state index contributed by atoms with van der Waals surface area (Å²) in [7, 11) is 0. The van der Waals surface area contributed by atoms with Crippen LogP contribution in [0, 0.1) is 11.6 Å². The van der Waals surface area contributed by atoms with Gasteiger partial charge in [0.15, 0.2) is 11.6 Å². The number of nitrogens with zero attached hydrogens (tertiary/aromatic N) is 2. The molecule has 0 unspecified atom stereocenters. The van der Waals surface area contributed by atoms with Crippen molar-refractivity contribution >= 4 is 5.69 Å². The molecular formula is C15H17F2N3O. The maximum absolute atomic E-state index is 13.6. The second-order valence-electron chi connectivity index (χ2n) is 5.32. The zero-order valence-electron chi connectivity index (χ0n) is 11.6. The first-order valence-corrected chi connectivity index (χ1v) is 7.05. The van der Waals surface area contributed by atoms with Crippen molar-refractivity contribution in [3.8, 4) is 5.75 Å². The monoisotopic (exact) mass is 293 g/mol. The third-order valence-corrected chi connectivity index (χ3v) is 3.79. The van der Waals surface area contributed by atoms with Crippen molar-refractivity contribution in [3.63, 3.8) is 0 Å². The van der Waals surface area contributed by atoms with E-state index in [0.717, 1.165) is 25.0 Å². The number of halogens is 2.